The first-order valence-corrected chi connectivity index (χ1v) is 9.21. The lowest BCUT2D eigenvalue weighted by Crippen LogP contribution is -2.45. The summed E-state index contributed by atoms with van der Waals surface area (Å²) in [5.41, 5.74) is 3.03. The number of rotatable bonds is 5. The van der Waals surface area contributed by atoms with Crippen LogP contribution in [0.15, 0.2) is 57.1 Å². The second-order valence-electron chi connectivity index (χ2n) is 6.43. The quantitative estimate of drug-likeness (QED) is 0.717. The lowest BCUT2D eigenvalue weighted by atomic mass is 10.0. The second kappa shape index (κ2) is 7.01. The molecule has 26 heavy (non-hydrogen) atoms. The Balaban J connectivity index is 1.47. The van der Waals surface area contributed by atoms with E-state index in [0.717, 1.165) is 27.1 Å². The van der Waals surface area contributed by atoms with Crippen LogP contribution < -0.4 is 0 Å². The van der Waals surface area contributed by atoms with E-state index in [1.165, 1.54) is 5.56 Å². The fourth-order valence-electron chi connectivity index (χ4n) is 3.12. The van der Waals surface area contributed by atoms with Gasteiger partial charge in [-0.2, -0.15) is 0 Å². The van der Waals surface area contributed by atoms with E-state index in [-0.39, 0.29) is 0 Å². The highest BCUT2D eigenvalue weighted by Gasteiger charge is 2.33. The van der Waals surface area contributed by atoms with Gasteiger partial charge in [-0.1, -0.05) is 29.5 Å². The average Bonchev–Trinajstić information content (AvgIpc) is 3.25. The van der Waals surface area contributed by atoms with Crippen molar-refractivity contribution in [1.82, 2.24) is 14.9 Å². The molecule has 3 heterocycles. The molecule has 0 unspecified atom stereocenters. The molecule has 1 aliphatic rings. The van der Waals surface area contributed by atoms with Gasteiger partial charge in [0.05, 0.1) is 24.3 Å². The third kappa shape index (κ3) is 3.54. The SMILES string of the molecule is Cc1ccc(Sc2ccc(CN3Cc4[nH]cnc4C[C@@H]3C(=O)O)o2)cc1. The summed E-state index contributed by atoms with van der Waals surface area (Å²) >= 11 is 1.56. The Labute approximate surface area is 155 Å². The number of nitrogens with zero attached hydrogens (tertiary/aromatic N) is 2. The van der Waals surface area contributed by atoms with Crippen LogP contribution in [-0.4, -0.2) is 32.0 Å². The van der Waals surface area contributed by atoms with Crippen LogP contribution >= 0.6 is 11.8 Å². The van der Waals surface area contributed by atoms with Crippen LogP contribution in [0.1, 0.15) is 22.7 Å². The zero-order valence-electron chi connectivity index (χ0n) is 14.3. The highest BCUT2D eigenvalue weighted by molar-refractivity contribution is 7.99. The van der Waals surface area contributed by atoms with Gasteiger partial charge < -0.3 is 14.5 Å². The Morgan fingerprint density at radius 2 is 2.15 bits per heavy atom. The molecule has 2 aromatic heterocycles. The van der Waals surface area contributed by atoms with Gasteiger partial charge in [-0.3, -0.25) is 9.69 Å². The number of aromatic amines is 1. The molecule has 134 valence electrons. The number of aromatic nitrogens is 2. The number of benzene rings is 1. The van der Waals surface area contributed by atoms with Crippen molar-refractivity contribution >= 4 is 17.7 Å². The zero-order valence-corrected chi connectivity index (χ0v) is 15.1. The van der Waals surface area contributed by atoms with Crippen molar-refractivity contribution in [3.63, 3.8) is 0 Å². The molecule has 1 atom stereocenters. The average molecular weight is 369 g/mol. The Morgan fingerprint density at radius 3 is 2.92 bits per heavy atom. The molecule has 0 radical (unpaired) electrons. The van der Waals surface area contributed by atoms with Crippen LogP contribution in [0.5, 0.6) is 0 Å². The summed E-state index contributed by atoms with van der Waals surface area (Å²) in [4.78, 5) is 22.0. The van der Waals surface area contributed by atoms with Crippen LogP contribution in [0.3, 0.4) is 0 Å². The molecule has 2 N–H and O–H groups in total. The number of H-pyrrole nitrogens is 1. The minimum Gasteiger partial charge on any atom is -0.480 e. The predicted octanol–water partition coefficient (Wildman–Crippen LogP) is 3.47. The summed E-state index contributed by atoms with van der Waals surface area (Å²) in [6.07, 6.45) is 2.02. The molecule has 0 spiro atoms. The monoisotopic (exact) mass is 369 g/mol. The summed E-state index contributed by atoms with van der Waals surface area (Å²) < 4.78 is 5.92. The molecule has 1 aliphatic heterocycles. The van der Waals surface area contributed by atoms with Crippen LogP contribution in [0.25, 0.3) is 0 Å². The first-order valence-electron chi connectivity index (χ1n) is 8.39. The number of nitrogens with one attached hydrogen (secondary N) is 1. The van der Waals surface area contributed by atoms with Crippen molar-refractivity contribution in [3.05, 3.63) is 65.4 Å². The van der Waals surface area contributed by atoms with E-state index in [1.807, 2.05) is 17.0 Å². The molecule has 6 nitrogen and oxygen atoms in total. The van der Waals surface area contributed by atoms with Crippen LogP contribution in [-0.2, 0) is 24.3 Å². The number of carbonyl (C=O) groups is 1. The lowest BCUT2D eigenvalue weighted by molar-refractivity contribution is -0.144. The first-order chi connectivity index (χ1) is 12.6. The second-order valence-corrected chi connectivity index (χ2v) is 7.50. The molecule has 0 amide bonds. The summed E-state index contributed by atoms with van der Waals surface area (Å²) in [5.74, 6) is -0.0757. The van der Waals surface area contributed by atoms with Gasteiger partial charge in [0.2, 0.25) is 0 Å². The third-order valence-corrected chi connectivity index (χ3v) is 5.45. The Hall–Kier alpha value is -2.51. The summed E-state index contributed by atoms with van der Waals surface area (Å²) in [7, 11) is 0. The zero-order chi connectivity index (χ0) is 18.1. The molecule has 0 aliphatic carbocycles. The van der Waals surface area contributed by atoms with Gasteiger partial charge >= 0.3 is 5.97 Å². The van der Waals surface area contributed by atoms with Gasteiger partial charge in [0.25, 0.3) is 0 Å². The van der Waals surface area contributed by atoms with Crippen molar-refractivity contribution < 1.29 is 14.3 Å². The van der Waals surface area contributed by atoms with E-state index in [9.17, 15) is 9.90 Å². The van der Waals surface area contributed by atoms with Gasteiger partial charge in [0.15, 0.2) is 5.09 Å². The standard InChI is InChI=1S/C19H19N3O3S/c1-12-2-5-14(6-3-12)26-18-7-4-13(25-18)9-22-10-16-15(20-11-21-16)8-17(22)19(23)24/h2-7,11,17H,8-10H2,1H3,(H,20,21)(H,23,24)/t17-/m1/s1. The minimum absolute atomic E-state index is 0.403. The highest BCUT2D eigenvalue weighted by atomic mass is 32.2. The maximum absolute atomic E-state index is 11.6. The third-order valence-electron chi connectivity index (χ3n) is 4.52. The smallest absolute Gasteiger partial charge is 0.321 e. The fraction of sp³-hybridized carbons (Fsp3) is 0.263. The van der Waals surface area contributed by atoms with Gasteiger partial charge in [0, 0.05) is 17.9 Å². The van der Waals surface area contributed by atoms with Gasteiger partial charge in [-0.25, -0.2) is 4.98 Å². The van der Waals surface area contributed by atoms with E-state index in [4.69, 9.17) is 4.42 Å². The summed E-state index contributed by atoms with van der Waals surface area (Å²) in [5, 5.41) is 10.4. The van der Waals surface area contributed by atoms with Gasteiger partial charge in [0.1, 0.15) is 11.8 Å². The van der Waals surface area contributed by atoms with Crippen LogP contribution in [0.4, 0.5) is 0 Å². The van der Waals surface area contributed by atoms with Gasteiger partial charge in [-0.05, 0) is 31.2 Å². The minimum atomic E-state index is -0.834. The van der Waals surface area contributed by atoms with Crippen molar-refractivity contribution in [3.8, 4) is 0 Å². The maximum Gasteiger partial charge on any atom is 0.321 e. The first kappa shape index (κ1) is 16.9. The predicted molar refractivity (Wildman–Crippen MR) is 97.0 cm³/mol. The van der Waals surface area contributed by atoms with Crippen LogP contribution in [0, 0.1) is 6.92 Å². The number of furan rings is 1. The van der Waals surface area contributed by atoms with E-state index in [0.29, 0.717) is 19.5 Å². The Morgan fingerprint density at radius 1 is 1.35 bits per heavy atom. The summed E-state index contributed by atoms with van der Waals surface area (Å²) in [6, 6.07) is 11.5. The van der Waals surface area contributed by atoms with Crippen molar-refractivity contribution in [2.75, 3.05) is 0 Å². The molecule has 3 aromatic rings. The Kier molecular flexibility index (Phi) is 4.57. The van der Waals surface area contributed by atoms with E-state index in [2.05, 4.69) is 41.2 Å². The molecule has 7 heteroatoms. The lowest BCUT2D eigenvalue weighted by Gasteiger charge is -2.31. The molecular formula is C19H19N3O3S. The van der Waals surface area contributed by atoms with Crippen molar-refractivity contribution in [2.45, 2.75) is 42.5 Å². The number of carboxylic acid groups (broad SMARTS) is 1. The van der Waals surface area contributed by atoms with Crippen molar-refractivity contribution in [2.24, 2.45) is 0 Å². The number of hydrogen-bond acceptors (Lipinski definition) is 5. The molecule has 0 fully saturated rings. The van der Waals surface area contributed by atoms with Crippen molar-refractivity contribution in [1.29, 1.82) is 0 Å². The van der Waals surface area contributed by atoms with E-state index >= 15 is 0 Å². The van der Waals surface area contributed by atoms with E-state index in [1.54, 1.807) is 18.1 Å². The number of hydrogen-bond donors (Lipinski definition) is 2. The number of fused-ring (bicyclic) bond motifs is 1. The van der Waals surface area contributed by atoms with Gasteiger partial charge in [-0.15, -0.1) is 0 Å². The van der Waals surface area contributed by atoms with Crippen LogP contribution in [0.2, 0.25) is 0 Å². The maximum atomic E-state index is 11.6. The molecule has 1 aromatic carbocycles. The topological polar surface area (TPSA) is 82.4 Å². The molecular weight excluding hydrogens is 350 g/mol. The number of imidazole rings is 1. The summed E-state index contributed by atoms with van der Waals surface area (Å²) in [6.45, 7) is 3.03. The highest BCUT2D eigenvalue weighted by Crippen LogP contribution is 2.30. The molecule has 4 rings (SSSR count). The van der Waals surface area contributed by atoms with E-state index < -0.39 is 12.0 Å². The Bertz CT molecular complexity index is 916. The normalized spacial score (nSPS) is 17.2. The molecule has 0 saturated carbocycles. The number of carboxylic acids is 1. The number of aliphatic carboxylic acids is 1. The molecule has 0 bridgehead atoms. The number of aryl methyl sites for hydroxylation is 1. The molecule has 0 saturated heterocycles. The fourth-order valence-corrected chi connectivity index (χ4v) is 3.91. The largest absolute Gasteiger partial charge is 0.480 e.